The Morgan fingerprint density at radius 3 is 2.62 bits per heavy atom. The largest absolute Gasteiger partial charge is 0.573 e. The number of hydrogen-bond donors (Lipinski definition) is 1. The molecule has 0 amide bonds. The molecule has 1 N–H and O–H groups in total. The number of rotatable bonds is 5. The number of fused-ring (bicyclic) bond motifs is 2. The number of aromatic nitrogens is 2. The van der Waals surface area contributed by atoms with Gasteiger partial charge in [0.1, 0.15) is 5.75 Å². The van der Waals surface area contributed by atoms with Gasteiger partial charge in [-0.3, -0.25) is 9.98 Å². The van der Waals surface area contributed by atoms with Gasteiger partial charge in [0, 0.05) is 29.7 Å². The summed E-state index contributed by atoms with van der Waals surface area (Å²) in [6.07, 6.45) is -1.19. The van der Waals surface area contributed by atoms with E-state index in [4.69, 9.17) is 9.98 Å². The van der Waals surface area contributed by atoms with Crippen molar-refractivity contribution in [2.24, 2.45) is 9.98 Å². The number of para-hydroxylation sites is 2. The van der Waals surface area contributed by atoms with Crippen molar-refractivity contribution in [1.29, 1.82) is 0 Å². The SMILES string of the molecule is CC1=C(Nc2cc3nc4ccccc4n(-c4cccc(OC(F)(F)F)c4)c-3c/c2=N\C(C)C)CCC=N1. The van der Waals surface area contributed by atoms with Crippen LogP contribution in [0.4, 0.5) is 18.9 Å². The number of hydrogen-bond acceptors (Lipinski definition) is 5. The lowest BCUT2D eigenvalue weighted by Gasteiger charge is -2.22. The van der Waals surface area contributed by atoms with E-state index >= 15 is 0 Å². The maximum Gasteiger partial charge on any atom is 0.573 e. The lowest BCUT2D eigenvalue weighted by Crippen LogP contribution is -2.19. The van der Waals surface area contributed by atoms with E-state index in [9.17, 15) is 13.2 Å². The number of allylic oxidation sites excluding steroid dienone is 2. The van der Waals surface area contributed by atoms with Crippen LogP contribution >= 0.6 is 0 Å². The van der Waals surface area contributed by atoms with Crippen molar-refractivity contribution in [1.82, 2.24) is 9.55 Å². The average Bonchev–Trinajstić information content (AvgIpc) is 2.83. The van der Waals surface area contributed by atoms with Gasteiger partial charge in [-0.05, 0) is 70.0 Å². The van der Waals surface area contributed by atoms with Crippen LogP contribution < -0.4 is 15.4 Å². The van der Waals surface area contributed by atoms with Crippen molar-refractivity contribution in [2.45, 2.75) is 46.0 Å². The predicted octanol–water partition coefficient (Wildman–Crippen LogP) is 6.85. The average molecular weight is 506 g/mol. The van der Waals surface area contributed by atoms with E-state index in [1.165, 1.54) is 12.1 Å². The first kappa shape index (κ1) is 24.5. The topological polar surface area (TPSA) is 63.8 Å². The standard InChI is InChI=1S/C28H26F3N5O/c1-17(2)33-24-16-27-25(15-23(24)34-21-11-7-13-32-18(21)3)35-22-10-4-5-12-26(22)36(27)19-8-6-9-20(14-19)37-28(29,30)31/h4-6,8-10,12-17,34H,7,11H2,1-3H3/b33-24+. The Labute approximate surface area is 212 Å². The second kappa shape index (κ2) is 9.72. The van der Waals surface area contributed by atoms with Crippen LogP contribution in [-0.2, 0) is 0 Å². The molecule has 0 aromatic heterocycles. The first-order valence-corrected chi connectivity index (χ1v) is 12.0. The van der Waals surface area contributed by atoms with Crippen molar-refractivity contribution >= 4 is 22.9 Å². The van der Waals surface area contributed by atoms with Gasteiger partial charge in [0.15, 0.2) is 0 Å². The van der Waals surface area contributed by atoms with Crippen molar-refractivity contribution in [3.8, 4) is 22.8 Å². The van der Waals surface area contributed by atoms with Gasteiger partial charge < -0.3 is 14.6 Å². The van der Waals surface area contributed by atoms with Gasteiger partial charge in [0.05, 0.1) is 39.2 Å². The van der Waals surface area contributed by atoms with Crippen molar-refractivity contribution in [3.63, 3.8) is 0 Å². The van der Waals surface area contributed by atoms with Crippen LogP contribution in [0.3, 0.4) is 0 Å². The van der Waals surface area contributed by atoms with Crippen LogP contribution in [-0.4, -0.2) is 28.2 Å². The Hall–Kier alpha value is -4.14. The molecule has 0 unspecified atom stereocenters. The second-order valence-electron chi connectivity index (χ2n) is 9.10. The predicted molar refractivity (Wildman–Crippen MR) is 139 cm³/mol. The Bertz CT molecular complexity index is 1570. The van der Waals surface area contributed by atoms with E-state index in [0.717, 1.165) is 40.8 Å². The maximum atomic E-state index is 12.9. The highest BCUT2D eigenvalue weighted by Gasteiger charge is 2.31. The smallest absolute Gasteiger partial charge is 0.406 e. The molecule has 2 heterocycles. The zero-order valence-corrected chi connectivity index (χ0v) is 20.7. The number of alkyl halides is 3. The van der Waals surface area contributed by atoms with Gasteiger partial charge in [-0.2, -0.15) is 0 Å². The molecular weight excluding hydrogens is 479 g/mol. The molecule has 190 valence electrons. The number of nitrogens with zero attached hydrogens (tertiary/aromatic N) is 4. The number of anilines is 1. The minimum atomic E-state index is -4.79. The third kappa shape index (κ3) is 5.35. The molecule has 6 nitrogen and oxygen atoms in total. The molecule has 2 aromatic carbocycles. The third-order valence-electron chi connectivity index (χ3n) is 5.93. The lowest BCUT2D eigenvalue weighted by molar-refractivity contribution is -0.274. The third-order valence-corrected chi connectivity index (χ3v) is 5.93. The lowest BCUT2D eigenvalue weighted by atomic mass is 10.1. The molecule has 0 bridgehead atoms. The van der Waals surface area contributed by atoms with E-state index in [0.29, 0.717) is 22.6 Å². The van der Waals surface area contributed by atoms with Crippen LogP contribution in [0.1, 0.15) is 33.6 Å². The summed E-state index contributed by atoms with van der Waals surface area (Å²) in [6, 6.07) is 17.3. The zero-order chi connectivity index (χ0) is 26.2. The first-order valence-electron chi connectivity index (χ1n) is 12.0. The summed E-state index contributed by atoms with van der Waals surface area (Å²) in [4.78, 5) is 14.2. The summed E-state index contributed by atoms with van der Waals surface area (Å²) in [5, 5.41) is 4.24. The molecule has 37 heavy (non-hydrogen) atoms. The summed E-state index contributed by atoms with van der Waals surface area (Å²) in [7, 11) is 0. The number of benzene rings is 3. The molecule has 1 aliphatic carbocycles. The molecule has 0 spiro atoms. The number of ether oxygens (including phenoxy) is 1. The van der Waals surface area contributed by atoms with E-state index < -0.39 is 6.36 Å². The summed E-state index contributed by atoms with van der Waals surface area (Å²) in [6.45, 7) is 5.95. The highest BCUT2D eigenvalue weighted by atomic mass is 19.4. The van der Waals surface area contributed by atoms with E-state index in [1.54, 1.807) is 12.1 Å². The Morgan fingerprint density at radius 2 is 1.86 bits per heavy atom. The van der Waals surface area contributed by atoms with Crippen LogP contribution in [0.25, 0.3) is 28.1 Å². The molecule has 2 aliphatic heterocycles. The molecule has 0 saturated heterocycles. The highest BCUT2D eigenvalue weighted by molar-refractivity contribution is 5.84. The number of aliphatic imine (C=N–C) groups is 1. The summed E-state index contributed by atoms with van der Waals surface area (Å²) >= 11 is 0. The highest BCUT2D eigenvalue weighted by Crippen LogP contribution is 2.32. The first-order chi connectivity index (χ1) is 17.7. The molecule has 5 rings (SSSR count). The second-order valence-corrected chi connectivity index (χ2v) is 9.10. The molecule has 0 atom stereocenters. The summed E-state index contributed by atoms with van der Waals surface area (Å²) in [5.74, 6) is -0.294. The number of nitrogens with one attached hydrogen (secondary N) is 1. The Morgan fingerprint density at radius 1 is 1.05 bits per heavy atom. The van der Waals surface area contributed by atoms with Crippen LogP contribution in [0.15, 0.2) is 82.0 Å². The summed E-state index contributed by atoms with van der Waals surface area (Å²) in [5.41, 5.74) is 6.09. The Balaban J connectivity index is 1.77. The van der Waals surface area contributed by atoms with Gasteiger partial charge in [0.2, 0.25) is 0 Å². The molecular formula is C28H26F3N5O. The van der Waals surface area contributed by atoms with E-state index in [2.05, 4.69) is 15.0 Å². The zero-order valence-electron chi connectivity index (χ0n) is 20.7. The van der Waals surface area contributed by atoms with Gasteiger partial charge in [-0.1, -0.05) is 18.2 Å². The molecule has 0 saturated carbocycles. The van der Waals surface area contributed by atoms with Crippen molar-refractivity contribution in [2.75, 3.05) is 5.32 Å². The normalized spacial score (nSPS) is 14.7. The monoisotopic (exact) mass is 505 g/mol. The minimum absolute atomic E-state index is 0.0165. The van der Waals surface area contributed by atoms with E-state index in [-0.39, 0.29) is 11.8 Å². The minimum Gasteiger partial charge on any atom is -0.406 e. The van der Waals surface area contributed by atoms with Gasteiger partial charge >= 0.3 is 6.36 Å². The molecule has 0 fully saturated rings. The molecule has 2 aromatic rings. The van der Waals surface area contributed by atoms with Crippen molar-refractivity contribution in [3.05, 3.63) is 77.4 Å². The Kier molecular flexibility index (Phi) is 6.45. The van der Waals surface area contributed by atoms with Crippen LogP contribution in [0, 0.1) is 0 Å². The number of halogens is 3. The van der Waals surface area contributed by atoms with Crippen LogP contribution in [0.2, 0.25) is 0 Å². The van der Waals surface area contributed by atoms with Gasteiger partial charge in [0.25, 0.3) is 0 Å². The quantitative estimate of drug-likeness (QED) is 0.302. The van der Waals surface area contributed by atoms with Crippen molar-refractivity contribution < 1.29 is 17.9 Å². The fraction of sp³-hybridized carbons (Fsp3) is 0.250. The summed E-state index contributed by atoms with van der Waals surface area (Å²) < 4.78 is 44.9. The molecule has 0 radical (unpaired) electrons. The molecule has 3 aliphatic rings. The fourth-order valence-corrected chi connectivity index (χ4v) is 4.41. The van der Waals surface area contributed by atoms with Crippen LogP contribution in [0.5, 0.6) is 5.75 Å². The van der Waals surface area contributed by atoms with Gasteiger partial charge in [-0.15, -0.1) is 13.2 Å². The fourth-order valence-electron chi connectivity index (χ4n) is 4.41. The van der Waals surface area contributed by atoms with Gasteiger partial charge in [-0.25, -0.2) is 4.98 Å². The van der Waals surface area contributed by atoms with E-state index in [1.807, 2.05) is 68.0 Å². The molecule has 9 heteroatoms. The maximum absolute atomic E-state index is 12.9.